The zero-order chi connectivity index (χ0) is 14.5. The first-order chi connectivity index (χ1) is 9.60. The van der Waals surface area contributed by atoms with Crippen molar-refractivity contribution >= 4 is 23.2 Å². The van der Waals surface area contributed by atoms with Crippen LogP contribution in [0.3, 0.4) is 0 Å². The number of hydrogen-bond donors (Lipinski definition) is 2. The van der Waals surface area contributed by atoms with Crippen LogP contribution in [0.5, 0.6) is 0 Å². The number of hydrogen-bond acceptors (Lipinski definition) is 3. The fourth-order valence-electron chi connectivity index (χ4n) is 2.31. The Morgan fingerprint density at radius 1 is 1.50 bits per heavy atom. The van der Waals surface area contributed by atoms with Gasteiger partial charge in [0.2, 0.25) is 5.91 Å². The molecule has 0 saturated carbocycles. The third-order valence-electron chi connectivity index (χ3n) is 3.53. The molecule has 1 aliphatic heterocycles. The Bertz CT molecular complexity index is 474. The Morgan fingerprint density at radius 3 is 2.80 bits per heavy atom. The van der Waals surface area contributed by atoms with Gasteiger partial charge < -0.3 is 10.6 Å². The van der Waals surface area contributed by atoms with Gasteiger partial charge in [0.05, 0.1) is 17.3 Å². The van der Waals surface area contributed by atoms with Gasteiger partial charge in [0.25, 0.3) is 0 Å². The van der Waals surface area contributed by atoms with Crippen molar-refractivity contribution in [1.29, 1.82) is 0 Å². The van der Waals surface area contributed by atoms with Crippen molar-refractivity contribution in [1.82, 2.24) is 10.2 Å². The van der Waals surface area contributed by atoms with Crippen molar-refractivity contribution in [3.63, 3.8) is 0 Å². The smallest absolute Gasteiger partial charge is 0.238 e. The van der Waals surface area contributed by atoms with E-state index in [-0.39, 0.29) is 5.91 Å². The molecule has 20 heavy (non-hydrogen) atoms. The first kappa shape index (κ1) is 15.3. The van der Waals surface area contributed by atoms with Gasteiger partial charge in [-0.1, -0.05) is 24.6 Å². The van der Waals surface area contributed by atoms with Crippen LogP contribution in [0.15, 0.2) is 18.2 Å². The highest BCUT2D eigenvalue weighted by atomic mass is 35.5. The van der Waals surface area contributed by atoms with Gasteiger partial charge >= 0.3 is 0 Å². The summed E-state index contributed by atoms with van der Waals surface area (Å²) >= 11 is 6.13. The number of nitrogens with one attached hydrogen (secondary N) is 2. The van der Waals surface area contributed by atoms with Crippen LogP contribution in [0.2, 0.25) is 5.02 Å². The van der Waals surface area contributed by atoms with Crippen molar-refractivity contribution in [3.8, 4) is 0 Å². The highest BCUT2D eigenvalue weighted by Crippen LogP contribution is 2.22. The molecule has 110 valence electrons. The molecular weight excluding hydrogens is 274 g/mol. The number of nitrogens with zero attached hydrogens (tertiary/aromatic N) is 1. The molecule has 1 aromatic rings. The van der Waals surface area contributed by atoms with Crippen LogP contribution in [0.4, 0.5) is 5.69 Å². The predicted octanol–water partition coefficient (Wildman–Crippen LogP) is 2.27. The topological polar surface area (TPSA) is 44.4 Å². The molecule has 4 nitrogen and oxygen atoms in total. The summed E-state index contributed by atoms with van der Waals surface area (Å²) in [7, 11) is 0. The van der Waals surface area contributed by atoms with Gasteiger partial charge in [-0.2, -0.15) is 0 Å². The van der Waals surface area contributed by atoms with Crippen LogP contribution in [0.1, 0.15) is 18.9 Å². The van der Waals surface area contributed by atoms with Crippen LogP contribution in [0.25, 0.3) is 0 Å². The Balaban J connectivity index is 1.93. The molecule has 1 heterocycles. The maximum Gasteiger partial charge on any atom is 0.238 e. The summed E-state index contributed by atoms with van der Waals surface area (Å²) in [4.78, 5) is 14.4. The molecule has 1 fully saturated rings. The van der Waals surface area contributed by atoms with E-state index in [1.807, 2.05) is 25.1 Å². The van der Waals surface area contributed by atoms with Gasteiger partial charge in [0.15, 0.2) is 0 Å². The molecule has 1 amide bonds. The molecule has 2 N–H and O–H groups in total. The molecule has 0 unspecified atom stereocenters. The van der Waals surface area contributed by atoms with Crippen molar-refractivity contribution < 1.29 is 4.79 Å². The normalized spacial score (nSPS) is 15.2. The quantitative estimate of drug-likeness (QED) is 0.846. The zero-order valence-corrected chi connectivity index (χ0v) is 12.8. The average Bonchev–Trinajstić information content (AvgIpc) is 2.31. The SMILES string of the molecule is CCCN(CC(=O)Nc1ccc(C)cc1Cl)C1CNC1. The molecule has 1 aromatic carbocycles. The van der Waals surface area contributed by atoms with E-state index in [0.717, 1.165) is 31.6 Å². The van der Waals surface area contributed by atoms with Crippen molar-refractivity contribution in [3.05, 3.63) is 28.8 Å². The van der Waals surface area contributed by atoms with Crippen LogP contribution >= 0.6 is 11.6 Å². The van der Waals surface area contributed by atoms with Crippen molar-refractivity contribution in [2.45, 2.75) is 26.3 Å². The van der Waals surface area contributed by atoms with Crippen LogP contribution in [0, 0.1) is 6.92 Å². The second-order valence-electron chi connectivity index (χ2n) is 5.31. The molecule has 2 rings (SSSR count). The van der Waals surface area contributed by atoms with Gasteiger partial charge in [-0.05, 0) is 37.6 Å². The van der Waals surface area contributed by atoms with E-state index in [1.54, 1.807) is 0 Å². The highest BCUT2D eigenvalue weighted by Gasteiger charge is 2.25. The summed E-state index contributed by atoms with van der Waals surface area (Å²) < 4.78 is 0. The third kappa shape index (κ3) is 3.95. The van der Waals surface area contributed by atoms with Crippen LogP contribution in [-0.2, 0) is 4.79 Å². The predicted molar refractivity (Wildman–Crippen MR) is 83.3 cm³/mol. The number of benzene rings is 1. The maximum atomic E-state index is 12.1. The monoisotopic (exact) mass is 295 g/mol. The van der Waals surface area contributed by atoms with E-state index in [4.69, 9.17) is 11.6 Å². The first-order valence-electron chi connectivity index (χ1n) is 7.11. The number of amides is 1. The summed E-state index contributed by atoms with van der Waals surface area (Å²) in [6, 6.07) is 6.14. The molecule has 0 radical (unpaired) electrons. The first-order valence-corrected chi connectivity index (χ1v) is 7.48. The molecule has 5 heteroatoms. The number of carbonyl (C=O) groups is 1. The number of halogens is 1. The van der Waals surface area contributed by atoms with Crippen molar-refractivity contribution in [2.75, 3.05) is 31.5 Å². The standard InChI is InChI=1S/C15H22ClN3O/c1-3-6-19(12-8-17-9-12)10-15(20)18-14-5-4-11(2)7-13(14)16/h4-5,7,12,17H,3,6,8-10H2,1-2H3,(H,18,20). The minimum Gasteiger partial charge on any atom is -0.324 e. The second-order valence-corrected chi connectivity index (χ2v) is 5.72. The minimum atomic E-state index is -0.00361. The van der Waals surface area contributed by atoms with E-state index >= 15 is 0 Å². The van der Waals surface area contributed by atoms with Crippen molar-refractivity contribution in [2.24, 2.45) is 0 Å². The summed E-state index contributed by atoms with van der Waals surface area (Å²) in [5.41, 5.74) is 1.77. The fourth-order valence-corrected chi connectivity index (χ4v) is 2.59. The van der Waals surface area contributed by atoms with E-state index in [1.165, 1.54) is 0 Å². The summed E-state index contributed by atoms with van der Waals surface area (Å²) in [5.74, 6) is -0.00361. The zero-order valence-electron chi connectivity index (χ0n) is 12.1. The van der Waals surface area contributed by atoms with E-state index in [0.29, 0.717) is 23.3 Å². The Kier molecular flexibility index (Phi) is 5.40. The lowest BCUT2D eigenvalue weighted by molar-refractivity contribution is -0.118. The number of aryl methyl sites for hydroxylation is 1. The number of carbonyl (C=O) groups excluding carboxylic acids is 1. The second kappa shape index (κ2) is 7.07. The Hall–Kier alpha value is -1.10. The minimum absolute atomic E-state index is 0.00361. The summed E-state index contributed by atoms with van der Waals surface area (Å²) in [6.45, 7) is 7.42. The molecule has 0 bridgehead atoms. The van der Waals surface area contributed by atoms with Crippen LogP contribution < -0.4 is 10.6 Å². The molecule has 0 spiro atoms. The summed E-state index contributed by atoms with van der Waals surface area (Å²) in [5, 5.41) is 6.73. The Morgan fingerprint density at radius 2 is 2.25 bits per heavy atom. The number of rotatable bonds is 6. The number of anilines is 1. The van der Waals surface area contributed by atoms with Gasteiger partial charge in [-0.25, -0.2) is 0 Å². The molecule has 0 atom stereocenters. The highest BCUT2D eigenvalue weighted by molar-refractivity contribution is 6.33. The van der Waals surface area contributed by atoms with E-state index in [9.17, 15) is 4.79 Å². The van der Waals surface area contributed by atoms with Gasteiger partial charge in [-0.3, -0.25) is 9.69 Å². The van der Waals surface area contributed by atoms with Gasteiger partial charge in [0, 0.05) is 19.1 Å². The molecule has 0 aliphatic carbocycles. The lowest BCUT2D eigenvalue weighted by Gasteiger charge is -2.37. The molecule has 1 aliphatic rings. The van der Waals surface area contributed by atoms with Gasteiger partial charge in [0.1, 0.15) is 0 Å². The van der Waals surface area contributed by atoms with E-state index < -0.39 is 0 Å². The van der Waals surface area contributed by atoms with Gasteiger partial charge in [-0.15, -0.1) is 0 Å². The lowest BCUT2D eigenvalue weighted by atomic mass is 10.1. The van der Waals surface area contributed by atoms with E-state index in [2.05, 4.69) is 22.5 Å². The maximum absolute atomic E-state index is 12.1. The lowest BCUT2D eigenvalue weighted by Crippen LogP contribution is -2.58. The fraction of sp³-hybridized carbons (Fsp3) is 0.533. The largest absolute Gasteiger partial charge is 0.324 e. The summed E-state index contributed by atoms with van der Waals surface area (Å²) in [6.07, 6.45) is 1.05. The molecular formula is C15H22ClN3O. The average molecular weight is 296 g/mol. The van der Waals surface area contributed by atoms with Crippen LogP contribution in [-0.4, -0.2) is 43.0 Å². The Labute approximate surface area is 125 Å². The molecule has 1 saturated heterocycles. The molecule has 0 aromatic heterocycles. The third-order valence-corrected chi connectivity index (χ3v) is 3.85.